The van der Waals surface area contributed by atoms with Crippen LogP contribution in [0.5, 0.6) is 0 Å². The predicted molar refractivity (Wildman–Crippen MR) is 133 cm³/mol. The van der Waals surface area contributed by atoms with Gasteiger partial charge in [-0.05, 0) is 25.0 Å². The van der Waals surface area contributed by atoms with Crippen LogP contribution in [0, 0.1) is 0 Å². The smallest absolute Gasteiger partial charge is 0.245 e. The van der Waals surface area contributed by atoms with Gasteiger partial charge in [-0.2, -0.15) is 5.10 Å². The molecule has 1 heterocycles. The van der Waals surface area contributed by atoms with Crippen LogP contribution in [0.25, 0.3) is 5.69 Å². The summed E-state index contributed by atoms with van der Waals surface area (Å²) >= 11 is 6.41. The van der Waals surface area contributed by atoms with Crippen LogP contribution in [0.2, 0.25) is 5.02 Å². The minimum Gasteiger partial charge on any atom is -0.385 e. The first-order valence-electron chi connectivity index (χ1n) is 11.6. The third kappa shape index (κ3) is 8.16. The van der Waals surface area contributed by atoms with E-state index in [0.717, 1.165) is 25.0 Å². The number of hydrogen-bond acceptors (Lipinski definition) is 4. The lowest BCUT2D eigenvalue weighted by atomic mass is 9.92. The minimum atomic E-state index is -0.273. The molecule has 0 aliphatic rings. The molecule has 0 fully saturated rings. The molecule has 0 spiro atoms. The van der Waals surface area contributed by atoms with E-state index in [1.165, 1.54) is 0 Å². The first-order chi connectivity index (χ1) is 15.7. The summed E-state index contributed by atoms with van der Waals surface area (Å²) in [4.78, 5) is 27.4. The Labute approximate surface area is 202 Å². The molecule has 0 saturated heterocycles. The lowest BCUT2D eigenvalue weighted by Crippen LogP contribution is -2.39. The van der Waals surface area contributed by atoms with Crippen LogP contribution in [0.1, 0.15) is 65.5 Å². The van der Waals surface area contributed by atoms with Gasteiger partial charge < -0.3 is 15.0 Å². The molecule has 1 aromatic heterocycles. The molecule has 182 valence electrons. The van der Waals surface area contributed by atoms with Gasteiger partial charge in [-0.1, -0.05) is 64.3 Å². The summed E-state index contributed by atoms with van der Waals surface area (Å²) in [6.45, 7) is 9.27. The van der Waals surface area contributed by atoms with Crippen LogP contribution in [0.15, 0.2) is 30.3 Å². The van der Waals surface area contributed by atoms with E-state index in [-0.39, 0.29) is 23.8 Å². The van der Waals surface area contributed by atoms with Crippen molar-refractivity contribution in [2.24, 2.45) is 0 Å². The molecule has 0 radical (unpaired) electrons. The number of para-hydroxylation sites is 1. The highest BCUT2D eigenvalue weighted by molar-refractivity contribution is 6.32. The molecule has 0 bridgehead atoms. The Morgan fingerprint density at radius 2 is 1.91 bits per heavy atom. The van der Waals surface area contributed by atoms with Crippen molar-refractivity contribution in [3.63, 3.8) is 0 Å². The first-order valence-corrected chi connectivity index (χ1v) is 12.0. The molecule has 7 nitrogen and oxygen atoms in total. The summed E-state index contributed by atoms with van der Waals surface area (Å²) < 4.78 is 6.77. The summed E-state index contributed by atoms with van der Waals surface area (Å²) in [6, 6.07) is 9.22. The van der Waals surface area contributed by atoms with Gasteiger partial charge in [0.25, 0.3) is 0 Å². The molecule has 1 N–H and O–H groups in total. The number of carbonyl (C=O) groups is 2. The van der Waals surface area contributed by atoms with Crippen molar-refractivity contribution in [1.82, 2.24) is 14.7 Å². The lowest BCUT2D eigenvalue weighted by molar-refractivity contribution is -0.135. The summed E-state index contributed by atoms with van der Waals surface area (Å²) in [7, 11) is 1.63. The zero-order valence-electron chi connectivity index (χ0n) is 20.5. The fourth-order valence-corrected chi connectivity index (χ4v) is 3.59. The summed E-state index contributed by atoms with van der Waals surface area (Å²) in [5, 5.41) is 8.19. The van der Waals surface area contributed by atoms with Gasteiger partial charge >= 0.3 is 0 Å². The highest BCUT2D eigenvalue weighted by Crippen LogP contribution is 2.29. The van der Waals surface area contributed by atoms with Crippen molar-refractivity contribution in [2.75, 3.05) is 32.1 Å². The van der Waals surface area contributed by atoms with Gasteiger partial charge in [-0.3, -0.25) is 9.59 Å². The number of unbranched alkanes of at least 4 members (excludes halogenated alkanes) is 2. The van der Waals surface area contributed by atoms with Crippen LogP contribution >= 0.6 is 11.6 Å². The molecule has 1 aromatic carbocycles. The highest BCUT2D eigenvalue weighted by Gasteiger charge is 2.23. The average molecular weight is 477 g/mol. The van der Waals surface area contributed by atoms with Crippen molar-refractivity contribution in [3.05, 3.63) is 41.0 Å². The Morgan fingerprint density at radius 1 is 1.18 bits per heavy atom. The summed E-state index contributed by atoms with van der Waals surface area (Å²) in [5.74, 6) is 0.239. The number of carbonyl (C=O) groups excluding carboxylic acids is 2. The van der Waals surface area contributed by atoms with Gasteiger partial charge in [0.1, 0.15) is 5.82 Å². The molecule has 0 unspecified atom stereocenters. The molecule has 8 heteroatoms. The zero-order chi connectivity index (χ0) is 24.4. The van der Waals surface area contributed by atoms with E-state index in [9.17, 15) is 9.59 Å². The Morgan fingerprint density at radius 3 is 2.55 bits per heavy atom. The average Bonchev–Trinajstić information content (AvgIpc) is 3.17. The number of aromatic nitrogens is 2. The molecular weight excluding hydrogens is 440 g/mol. The first kappa shape index (κ1) is 26.9. The molecule has 0 aliphatic heterocycles. The largest absolute Gasteiger partial charge is 0.385 e. The zero-order valence-corrected chi connectivity index (χ0v) is 21.2. The molecule has 33 heavy (non-hydrogen) atoms. The van der Waals surface area contributed by atoms with Crippen LogP contribution < -0.4 is 5.32 Å². The topological polar surface area (TPSA) is 76.5 Å². The molecule has 2 rings (SSSR count). The van der Waals surface area contributed by atoms with E-state index >= 15 is 0 Å². The van der Waals surface area contributed by atoms with E-state index in [1.807, 2.05) is 24.3 Å². The van der Waals surface area contributed by atoms with Gasteiger partial charge in [0.15, 0.2) is 0 Å². The normalized spacial score (nSPS) is 11.5. The number of amides is 2. The van der Waals surface area contributed by atoms with E-state index in [0.29, 0.717) is 42.5 Å². The maximum Gasteiger partial charge on any atom is 0.245 e. The van der Waals surface area contributed by atoms with Gasteiger partial charge in [-0.15, -0.1) is 0 Å². The predicted octanol–water partition coefficient (Wildman–Crippen LogP) is 5.21. The number of anilines is 1. The second kappa shape index (κ2) is 12.8. The maximum atomic E-state index is 13.0. The van der Waals surface area contributed by atoms with Crippen molar-refractivity contribution in [2.45, 2.75) is 65.2 Å². The number of methoxy groups -OCH3 is 1. The van der Waals surface area contributed by atoms with E-state index in [2.05, 4.69) is 33.0 Å². The second-order valence-corrected chi connectivity index (χ2v) is 9.60. The van der Waals surface area contributed by atoms with Crippen molar-refractivity contribution in [3.8, 4) is 5.69 Å². The van der Waals surface area contributed by atoms with Gasteiger partial charge in [-0.25, -0.2) is 4.68 Å². The van der Waals surface area contributed by atoms with Crippen molar-refractivity contribution >= 4 is 29.2 Å². The van der Waals surface area contributed by atoms with Crippen molar-refractivity contribution in [1.29, 1.82) is 0 Å². The van der Waals surface area contributed by atoms with Gasteiger partial charge in [0, 0.05) is 38.2 Å². The van der Waals surface area contributed by atoms with Crippen molar-refractivity contribution < 1.29 is 14.3 Å². The number of ether oxygens (including phenoxy) is 1. The molecule has 0 aliphatic carbocycles. The quantitative estimate of drug-likeness (QED) is 0.427. The summed E-state index contributed by atoms with van der Waals surface area (Å²) in [6.07, 6.45) is 3.98. The van der Waals surface area contributed by atoms with Crippen LogP contribution in [0.3, 0.4) is 0 Å². The molecule has 0 saturated carbocycles. The third-order valence-electron chi connectivity index (χ3n) is 5.28. The fraction of sp³-hybridized carbons (Fsp3) is 0.560. The highest BCUT2D eigenvalue weighted by atomic mass is 35.5. The van der Waals surface area contributed by atoms with E-state index in [4.69, 9.17) is 21.4 Å². The molecule has 2 aromatic rings. The minimum absolute atomic E-state index is 0.00954. The number of hydrogen-bond donors (Lipinski definition) is 1. The van der Waals surface area contributed by atoms with E-state index < -0.39 is 0 Å². The molecule has 0 atom stereocenters. The maximum absolute atomic E-state index is 13.0. The van der Waals surface area contributed by atoms with Gasteiger partial charge in [0.2, 0.25) is 11.8 Å². The van der Waals surface area contributed by atoms with E-state index in [1.54, 1.807) is 22.8 Å². The number of nitrogens with one attached hydrogen (secondary N) is 1. The second-order valence-electron chi connectivity index (χ2n) is 9.19. The summed E-state index contributed by atoms with van der Waals surface area (Å²) in [5.41, 5.74) is 1.29. The molecule has 2 amide bonds. The van der Waals surface area contributed by atoms with Gasteiger partial charge in [0.05, 0.1) is 22.9 Å². The Kier molecular flexibility index (Phi) is 10.4. The Balaban J connectivity index is 2.22. The number of halogens is 1. The Bertz CT molecular complexity index is 921. The number of rotatable bonds is 12. The van der Waals surface area contributed by atoms with Crippen LogP contribution in [-0.4, -0.2) is 53.3 Å². The van der Waals surface area contributed by atoms with Crippen LogP contribution in [-0.2, 0) is 19.7 Å². The number of nitrogens with zero attached hydrogens (tertiary/aromatic N) is 3. The monoisotopic (exact) mass is 476 g/mol. The Hall–Kier alpha value is -2.38. The lowest BCUT2D eigenvalue weighted by Gasteiger charge is -2.22. The van der Waals surface area contributed by atoms with Crippen LogP contribution in [0.4, 0.5) is 5.82 Å². The SMILES string of the molecule is CCCCCC(=O)N(CCCOC)CC(=O)Nc1cc(C(C)(C)C)nn1-c1ccccc1Cl. The molecular formula is C25H37ClN4O3. The fourth-order valence-electron chi connectivity index (χ4n) is 3.38. The third-order valence-corrected chi connectivity index (χ3v) is 5.60. The standard InChI is InChI=1S/C25H37ClN4O3/c1-6-7-8-14-24(32)29(15-11-16-33-5)18-23(31)27-22-17-21(25(2,3)4)28-30(22)20-13-10-9-12-19(20)26/h9-10,12-13,17H,6-8,11,14-16,18H2,1-5H3,(H,27,31). The number of benzene rings is 1.